The van der Waals surface area contributed by atoms with Crippen LogP contribution < -0.4 is 0 Å². The molecule has 1 heterocycles. The van der Waals surface area contributed by atoms with Gasteiger partial charge < -0.3 is 0 Å². The lowest BCUT2D eigenvalue weighted by molar-refractivity contribution is 0.0749. The zero-order valence-corrected chi connectivity index (χ0v) is 13.6. The first-order valence-corrected chi connectivity index (χ1v) is 8.49. The average Bonchev–Trinajstić information content (AvgIpc) is 2.58. The average molecular weight is 315 g/mol. The monoisotopic (exact) mass is 314 g/mol. The van der Waals surface area contributed by atoms with Crippen LogP contribution in [0.4, 0.5) is 0 Å². The Labute approximate surface area is 138 Å². The molecule has 1 atom stereocenters. The highest BCUT2D eigenvalue weighted by molar-refractivity contribution is 6.18. The van der Waals surface area contributed by atoms with Crippen LogP contribution in [-0.2, 0) is 13.1 Å². The van der Waals surface area contributed by atoms with Crippen LogP contribution in [0.2, 0.25) is 0 Å². The van der Waals surface area contributed by atoms with Crippen molar-refractivity contribution < 1.29 is 0 Å². The molecule has 3 heteroatoms. The molecule has 1 saturated heterocycles. The lowest BCUT2D eigenvalue weighted by Gasteiger charge is -2.40. The summed E-state index contributed by atoms with van der Waals surface area (Å²) in [5, 5.41) is 0. The van der Waals surface area contributed by atoms with Crippen LogP contribution in [0, 0.1) is 0 Å². The Morgan fingerprint density at radius 1 is 0.818 bits per heavy atom. The third kappa shape index (κ3) is 4.10. The summed E-state index contributed by atoms with van der Waals surface area (Å²) in [6.45, 7) is 5.25. The highest BCUT2D eigenvalue weighted by atomic mass is 35.5. The second-order valence-electron chi connectivity index (χ2n) is 5.98. The molecule has 2 aromatic rings. The number of piperazine rings is 1. The first kappa shape index (κ1) is 15.5. The van der Waals surface area contributed by atoms with Gasteiger partial charge in [0.1, 0.15) is 0 Å². The van der Waals surface area contributed by atoms with E-state index in [1.165, 1.54) is 11.1 Å². The molecule has 2 aromatic carbocycles. The smallest absolute Gasteiger partial charge is 0.0392 e. The quantitative estimate of drug-likeness (QED) is 0.778. The summed E-state index contributed by atoms with van der Waals surface area (Å²) in [6, 6.07) is 21.8. The maximum atomic E-state index is 6.24. The number of hydrogen-bond acceptors (Lipinski definition) is 2. The molecule has 1 unspecified atom stereocenters. The third-order valence-corrected chi connectivity index (χ3v) is 4.70. The van der Waals surface area contributed by atoms with Crippen LogP contribution >= 0.6 is 11.6 Å². The van der Waals surface area contributed by atoms with Crippen molar-refractivity contribution >= 4 is 11.6 Å². The fourth-order valence-corrected chi connectivity index (χ4v) is 3.41. The lowest BCUT2D eigenvalue weighted by atomic mass is 10.1. The van der Waals surface area contributed by atoms with Gasteiger partial charge in [0, 0.05) is 44.6 Å². The van der Waals surface area contributed by atoms with E-state index in [9.17, 15) is 0 Å². The molecule has 22 heavy (non-hydrogen) atoms. The molecule has 116 valence electrons. The predicted molar refractivity (Wildman–Crippen MR) is 93.1 cm³/mol. The Balaban J connectivity index is 1.59. The number of halogens is 1. The second kappa shape index (κ2) is 7.77. The highest BCUT2D eigenvalue weighted by Gasteiger charge is 2.26. The van der Waals surface area contributed by atoms with Crippen LogP contribution in [-0.4, -0.2) is 41.4 Å². The van der Waals surface area contributed by atoms with Crippen molar-refractivity contribution in [2.45, 2.75) is 19.1 Å². The standard InChI is InChI=1S/C19H23ClN2/c20-13-19-16-21(14-17-7-3-1-4-8-17)11-12-22(19)15-18-9-5-2-6-10-18/h1-10,19H,11-16H2. The summed E-state index contributed by atoms with van der Waals surface area (Å²) >= 11 is 6.24. The van der Waals surface area contributed by atoms with Crippen molar-refractivity contribution in [3.05, 3.63) is 71.8 Å². The topological polar surface area (TPSA) is 6.48 Å². The van der Waals surface area contributed by atoms with Gasteiger partial charge in [-0.05, 0) is 11.1 Å². The van der Waals surface area contributed by atoms with E-state index in [1.807, 2.05) is 0 Å². The minimum atomic E-state index is 0.430. The Bertz CT molecular complexity index is 558. The van der Waals surface area contributed by atoms with Crippen molar-refractivity contribution in [3.8, 4) is 0 Å². The van der Waals surface area contributed by atoms with Gasteiger partial charge in [-0.2, -0.15) is 0 Å². The fourth-order valence-electron chi connectivity index (χ4n) is 3.11. The Hall–Kier alpha value is -1.35. The van der Waals surface area contributed by atoms with Crippen molar-refractivity contribution in [3.63, 3.8) is 0 Å². The highest BCUT2D eigenvalue weighted by Crippen LogP contribution is 2.17. The minimum Gasteiger partial charge on any atom is -0.296 e. The van der Waals surface area contributed by atoms with Gasteiger partial charge in [0.15, 0.2) is 0 Å². The molecular formula is C19H23ClN2. The molecule has 0 aliphatic carbocycles. The van der Waals surface area contributed by atoms with Crippen molar-refractivity contribution in [1.82, 2.24) is 9.80 Å². The minimum absolute atomic E-state index is 0.430. The summed E-state index contributed by atoms with van der Waals surface area (Å²) < 4.78 is 0. The largest absolute Gasteiger partial charge is 0.296 e. The Morgan fingerprint density at radius 3 is 2.00 bits per heavy atom. The van der Waals surface area contributed by atoms with Crippen molar-refractivity contribution in [2.24, 2.45) is 0 Å². The van der Waals surface area contributed by atoms with Gasteiger partial charge in [0.2, 0.25) is 0 Å². The van der Waals surface area contributed by atoms with Crippen LogP contribution in [0.25, 0.3) is 0 Å². The summed E-state index contributed by atoms with van der Waals surface area (Å²) in [4.78, 5) is 5.04. The first-order valence-electron chi connectivity index (χ1n) is 7.95. The molecule has 0 radical (unpaired) electrons. The molecule has 0 bridgehead atoms. The third-order valence-electron chi connectivity index (χ3n) is 4.34. The van der Waals surface area contributed by atoms with Crippen LogP contribution in [0.5, 0.6) is 0 Å². The molecule has 0 spiro atoms. The van der Waals surface area contributed by atoms with E-state index in [4.69, 9.17) is 11.6 Å². The second-order valence-corrected chi connectivity index (χ2v) is 6.29. The van der Waals surface area contributed by atoms with Crippen molar-refractivity contribution in [1.29, 1.82) is 0 Å². The zero-order chi connectivity index (χ0) is 15.2. The SMILES string of the molecule is ClCC1CN(Cc2ccccc2)CCN1Cc1ccccc1. The van der Waals surface area contributed by atoms with Gasteiger partial charge in [0.25, 0.3) is 0 Å². The maximum absolute atomic E-state index is 6.24. The number of rotatable bonds is 5. The maximum Gasteiger partial charge on any atom is 0.0392 e. The summed E-state index contributed by atoms with van der Waals surface area (Å²) in [7, 11) is 0. The van der Waals surface area contributed by atoms with Crippen molar-refractivity contribution in [2.75, 3.05) is 25.5 Å². The normalized spacial score (nSPS) is 20.1. The molecule has 0 saturated carbocycles. The molecular weight excluding hydrogens is 292 g/mol. The van der Waals surface area contributed by atoms with Crippen LogP contribution in [0.15, 0.2) is 60.7 Å². The Morgan fingerprint density at radius 2 is 1.41 bits per heavy atom. The molecule has 2 nitrogen and oxygen atoms in total. The molecule has 1 aliphatic heterocycles. The van der Waals surface area contributed by atoms with E-state index in [0.29, 0.717) is 11.9 Å². The van der Waals surface area contributed by atoms with Gasteiger partial charge in [-0.25, -0.2) is 0 Å². The summed E-state index contributed by atoms with van der Waals surface area (Å²) in [5.41, 5.74) is 2.75. The molecule has 1 aliphatic rings. The molecule has 1 fully saturated rings. The van der Waals surface area contributed by atoms with E-state index in [1.54, 1.807) is 0 Å². The van der Waals surface area contributed by atoms with Gasteiger partial charge in [-0.3, -0.25) is 9.80 Å². The van der Waals surface area contributed by atoms with E-state index in [2.05, 4.69) is 70.5 Å². The number of alkyl halides is 1. The molecule has 3 rings (SSSR count). The van der Waals surface area contributed by atoms with E-state index < -0.39 is 0 Å². The van der Waals surface area contributed by atoms with Crippen LogP contribution in [0.3, 0.4) is 0 Å². The van der Waals surface area contributed by atoms with E-state index >= 15 is 0 Å². The van der Waals surface area contributed by atoms with Gasteiger partial charge in [0.05, 0.1) is 0 Å². The van der Waals surface area contributed by atoms with Gasteiger partial charge >= 0.3 is 0 Å². The number of benzene rings is 2. The Kier molecular flexibility index (Phi) is 5.49. The zero-order valence-electron chi connectivity index (χ0n) is 12.9. The number of nitrogens with zero attached hydrogens (tertiary/aromatic N) is 2. The molecule has 0 amide bonds. The summed E-state index contributed by atoms with van der Waals surface area (Å²) in [5.74, 6) is 0.693. The van der Waals surface area contributed by atoms with Crippen LogP contribution in [0.1, 0.15) is 11.1 Å². The summed E-state index contributed by atoms with van der Waals surface area (Å²) in [6.07, 6.45) is 0. The fraction of sp³-hybridized carbons (Fsp3) is 0.368. The first-order chi connectivity index (χ1) is 10.8. The van der Waals surface area contributed by atoms with E-state index in [-0.39, 0.29) is 0 Å². The molecule has 0 aromatic heterocycles. The molecule has 0 N–H and O–H groups in total. The van der Waals surface area contributed by atoms with E-state index in [0.717, 1.165) is 32.7 Å². The number of hydrogen-bond donors (Lipinski definition) is 0. The lowest BCUT2D eigenvalue weighted by Crippen LogP contribution is -2.53. The predicted octanol–water partition coefficient (Wildman–Crippen LogP) is 3.61. The van der Waals surface area contributed by atoms with Gasteiger partial charge in [-0.1, -0.05) is 60.7 Å². The van der Waals surface area contributed by atoms with Gasteiger partial charge in [-0.15, -0.1) is 11.6 Å².